The van der Waals surface area contributed by atoms with Crippen LogP contribution in [0.2, 0.25) is 0 Å². The van der Waals surface area contributed by atoms with Crippen molar-refractivity contribution in [3.8, 4) is 46.7 Å². The number of carbonyl (C=O) groups excluding carboxylic acids is 6. The van der Waals surface area contributed by atoms with Gasteiger partial charge in [-0.05, 0) is 152 Å². The molecule has 4 saturated heterocycles. The molecule has 6 aliphatic rings. The van der Waals surface area contributed by atoms with Gasteiger partial charge >= 0.3 is 6.09 Å². The molecule has 2 bridgehead atoms. The number of Topliss-reactive ketones (excluding diaryl/α,β-unsaturated/α-hetero) is 1. The predicted molar refractivity (Wildman–Crippen MR) is 419 cm³/mol. The highest BCUT2D eigenvalue weighted by molar-refractivity contribution is 14.1. The van der Waals surface area contributed by atoms with Crippen LogP contribution in [0.4, 0.5) is 4.79 Å². The van der Waals surface area contributed by atoms with Gasteiger partial charge in [-0.1, -0.05) is 63.1 Å². The number of likely N-dealkylation sites (N-methyl/N-ethyl adjacent to an activating group) is 1. The number of aliphatic hydroxyl groups is 5. The predicted octanol–water partition coefficient (Wildman–Crippen LogP) is 5.30. The number of hydrogen-bond acceptors (Lipinski definition) is 30. The maximum atomic E-state index is 14.6. The second-order valence-electron chi connectivity index (χ2n) is 29.1. The Morgan fingerprint density at radius 2 is 1.52 bits per heavy atom. The first-order valence-corrected chi connectivity index (χ1v) is 40.6. The molecule has 5 fully saturated rings. The zero-order valence-electron chi connectivity index (χ0n) is 65.4. The number of halogens is 1. The van der Waals surface area contributed by atoms with E-state index in [1.807, 2.05) is 64.1 Å². The number of hydroxylamine groups is 1. The lowest BCUT2D eigenvalue weighted by Crippen LogP contribution is -2.66. The fourth-order valence-corrected chi connectivity index (χ4v) is 17.9. The summed E-state index contributed by atoms with van der Waals surface area (Å²) in [6.07, 6.45) is -15.2. The van der Waals surface area contributed by atoms with Gasteiger partial charge in [-0.15, -0.1) is 0 Å². The van der Waals surface area contributed by atoms with E-state index in [-0.39, 0.29) is 96.3 Å². The highest BCUT2D eigenvalue weighted by atomic mass is 127. The number of thioether (sulfide) groups is 1. The number of allylic oxidation sites excluding steroid dienone is 2. The van der Waals surface area contributed by atoms with Crippen LogP contribution < -0.4 is 40.5 Å². The van der Waals surface area contributed by atoms with Crippen LogP contribution in [0.1, 0.15) is 130 Å². The number of nitrogens with one attached hydrogen (secondary N) is 4. The number of rotatable bonds is 30. The van der Waals surface area contributed by atoms with Crippen molar-refractivity contribution >= 4 is 96.4 Å². The monoisotopic (exact) mass is 1720 g/mol. The van der Waals surface area contributed by atoms with Gasteiger partial charge in [0.15, 0.2) is 41.8 Å². The van der Waals surface area contributed by atoms with E-state index in [1.54, 1.807) is 69.9 Å². The van der Waals surface area contributed by atoms with Crippen LogP contribution in [0.3, 0.4) is 0 Å². The Morgan fingerprint density at radius 1 is 0.829 bits per heavy atom. The van der Waals surface area contributed by atoms with Crippen LogP contribution in [0.5, 0.6) is 23.0 Å². The molecule has 2 aromatic carbocycles. The molecule has 111 heavy (non-hydrogen) atoms. The number of alkyl carbamates (subject to hydrolysis) is 1. The lowest BCUT2D eigenvalue weighted by molar-refractivity contribution is -0.340. The summed E-state index contributed by atoms with van der Waals surface area (Å²) in [5.74, 6) is 9.75. The smallest absolute Gasteiger partial charge is 0.407 e. The van der Waals surface area contributed by atoms with Crippen molar-refractivity contribution in [3.05, 3.63) is 68.3 Å². The molecule has 9 N–H and O–H groups in total. The number of hydrazone groups is 1. The highest BCUT2D eigenvalue weighted by Gasteiger charge is 2.56. The molecule has 2 aromatic rings. The van der Waals surface area contributed by atoms with Crippen LogP contribution in [-0.2, 0) is 66.6 Å². The number of amides is 4. The van der Waals surface area contributed by atoms with E-state index in [9.17, 15) is 54.3 Å². The fraction of sp³-hybridized carbons (Fsp3) is 0.645. The van der Waals surface area contributed by atoms with E-state index in [4.69, 9.17) is 66.4 Å². The number of fused-ring (bicyclic) bond motifs is 2. The summed E-state index contributed by atoms with van der Waals surface area (Å²) >= 11 is 2.79. The summed E-state index contributed by atoms with van der Waals surface area (Å²) in [5, 5.41) is 67.7. The van der Waals surface area contributed by atoms with Crippen LogP contribution >= 0.6 is 55.9 Å². The zero-order chi connectivity index (χ0) is 81.6. The Bertz CT molecular complexity index is 3820. The highest BCUT2D eigenvalue weighted by Crippen LogP contribution is 2.50. The van der Waals surface area contributed by atoms with Crippen LogP contribution in [0.25, 0.3) is 0 Å². The first kappa shape index (κ1) is 90.6. The normalized spacial score (nSPS) is 31.6. The summed E-state index contributed by atoms with van der Waals surface area (Å²) < 4.78 is 78.5. The minimum absolute atomic E-state index is 0.000904. The molecule has 18 unspecified atom stereocenters. The van der Waals surface area contributed by atoms with Gasteiger partial charge in [0.2, 0.25) is 34.9 Å². The van der Waals surface area contributed by atoms with Crippen molar-refractivity contribution in [2.75, 3.05) is 61.1 Å². The van der Waals surface area contributed by atoms with Gasteiger partial charge < -0.3 is 103 Å². The standard InChI is InChI=1S/C76H105IN6O25S3/c1-18-83(43(7)84)47-37-101-54(34-51(47)95-13)106-67-62(90)59(82-108-55-33-48(85)69(42(6)102-55)110-70(92)56-38(2)58(77)65(68(98-16)64(56)96-14)107-71-63(91)66(97-15)61(89)41(5)104-71)40(4)103-72(67)105-50-23-21-19-20-22-30-76(94)35-49(86)60(78-73(93)99-17)57(50)46(76)29-32-109-111-75(11,12)36-53(88)81-80-39(3)44-24-26-45(27-25-44)100-31-28-52(87)79-74(8,9)10/h19-20,24-27,29,40-42,47-48,50-51,54-55,57,59-63,66-67,69,71-72,82,85,89-91,94H,18,28,31-37H2,1-17H3,(H,78,93)(H,79,87)(H,81,88)/b20-19-,46-29+,80-39?/t40?,41?,42?,47?,48?,50-,51?,54?,55?,57?,59?,60+,61?,62?,63?,66?,67?,69?,71?,72?,76-/m0/s1. The maximum absolute atomic E-state index is 14.6. The molecule has 1 saturated carbocycles. The van der Waals surface area contributed by atoms with Crippen LogP contribution in [0.15, 0.2) is 53.2 Å². The second-order valence-corrected chi connectivity index (χ2v) is 34.4. The van der Waals surface area contributed by atoms with Gasteiger partial charge in [-0.2, -0.15) is 10.6 Å². The molecule has 2 aliphatic carbocycles. The molecule has 4 heterocycles. The largest absolute Gasteiger partial charge is 0.493 e. The average molecular weight is 1730 g/mol. The number of benzene rings is 2. The number of carbonyl (C=O) groups is 6. The third-order valence-electron chi connectivity index (χ3n) is 19.3. The van der Waals surface area contributed by atoms with Crippen molar-refractivity contribution in [2.24, 2.45) is 11.0 Å². The van der Waals surface area contributed by atoms with E-state index in [0.717, 1.165) is 24.4 Å². The third kappa shape index (κ3) is 23.2. The molecule has 4 amide bonds. The topological polar surface area (TPSA) is 397 Å². The molecule has 31 nitrogen and oxygen atoms in total. The fourth-order valence-electron chi connectivity index (χ4n) is 13.7. The molecular weight excluding hydrogens is 1620 g/mol. The van der Waals surface area contributed by atoms with Crippen molar-refractivity contribution < 1.29 is 121 Å². The SMILES string of the molecule is CCN(C(C)=O)C1COC(OC2C(O[C@H]3C#C/C=C\C#C[C@]4(O)CC(=O)[C@@H](NC(=O)OC)C3/C4=C\CSSC(C)(C)CC(=O)NN=C(C)c3ccc(OCCC(=O)NC(C)(C)C)cc3)OC(C)C(NOC3CC(O)C(SC(=O)c4c(C)c(I)c(OC5OC(C)C(O)C(OC)C5O)c(OC)c4OC)C(C)O3)C2O)CC1OC. The first-order chi connectivity index (χ1) is 52.5. The average Bonchev–Trinajstić information content (AvgIpc) is 0.754. The quantitative estimate of drug-likeness (QED) is 0.00911. The molecule has 21 atom stereocenters. The molecule has 614 valence electrons. The number of ether oxygens (including phenoxy) is 13. The summed E-state index contributed by atoms with van der Waals surface area (Å²) in [6.45, 7) is 21.5. The van der Waals surface area contributed by atoms with Crippen molar-refractivity contribution in [1.29, 1.82) is 0 Å². The number of methoxy groups -OCH3 is 5. The van der Waals surface area contributed by atoms with E-state index in [2.05, 4.69) is 50.3 Å². The Balaban J connectivity index is 1.00. The van der Waals surface area contributed by atoms with E-state index < -0.39 is 155 Å². The Labute approximate surface area is 673 Å². The van der Waals surface area contributed by atoms with Crippen LogP contribution in [-0.4, -0.2) is 263 Å². The van der Waals surface area contributed by atoms with Gasteiger partial charge in [0.25, 0.3) is 0 Å². The van der Waals surface area contributed by atoms with Gasteiger partial charge in [0, 0.05) is 68.9 Å². The minimum Gasteiger partial charge on any atom is -0.493 e. The van der Waals surface area contributed by atoms with Gasteiger partial charge in [0.1, 0.15) is 48.4 Å². The number of ketones is 1. The van der Waals surface area contributed by atoms with E-state index in [1.165, 1.54) is 69.1 Å². The van der Waals surface area contributed by atoms with Crippen LogP contribution in [0, 0.1) is 40.1 Å². The number of hydrogen-bond donors (Lipinski definition) is 9. The summed E-state index contributed by atoms with van der Waals surface area (Å²) in [6, 6.07) is 3.91. The zero-order valence-corrected chi connectivity index (χ0v) is 70.0. The van der Waals surface area contributed by atoms with Gasteiger partial charge in [0.05, 0.1) is 110 Å². The molecule has 0 spiro atoms. The Morgan fingerprint density at radius 3 is 2.16 bits per heavy atom. The minimum atomic E-state index is -2.17. The number of aliphatic hydroxyl groups excluding tert-OH is 4. The second kappa shape index (κ2) is 40.6. The molecule has 4 aliphatic heterocycles. The Kier molecular flexibility index (Phi) is 33.2. The summed E-state index contributed by atoms with van der Waals surface area (Å²) in [5.41, 5.74) is 4.94. The molecule has 0 aromatic heterocycles. The first-order valence-electron chi connectivity index (χ1n) is 36.3. The summed E-state index contributed by atoms with van der Waals surface area (Å²) in [4.78, 5) is 88.9. The molecule has 0 radical (unpaired) electrons. The lowest BCUT2D eigenvalue weighted by Gasteiger charge is -2.48. The maximum Gasteiger partial charge on any atom is 0.407 e. The van der Waals surface area contributed by atoms with Gasteiger partial charge in [-0.3, -0.25) is 28.8 Å². The molecule has 35 heteroatoms. The Hall–Kier alpha value is -5.89. The lowest BCUT2D eigenvalue weighted by atomic mass is 9.68. The van der Waals surface area contributed by atoms with Crippen molar-refractivity contribution in [1.82, 2.24) is 26.4 Å². The van der Waals surface area contributed by atoms with Gasteiger partial charge in [-0.25, -0.2) is 10.2 Å². The van der Waals surface area contributed by atoms with Crippen molar-refractivity contribution in [3.63, 3.8) is 0 Å². The van der Waals surface area contributed by atoms with E-state index >= 15 is 0 Å². The molecular formula is C76H105IN6O25S3. The van der Waals surface area contributed by atoms with Crippen molar-refractivity contribution in [2.45, 2.75) is 247 Å². The van der Waals surface area contributed by atoms with E-state index in [0.29, 0.717) is 27.1 Å². The number of nitrogens with zero attached hydrogens (tertiary/aromatic N) is 2. The molecule has 8 rings (SSSR count). The summed E-state index contributed by atoms with van der Waals surface area (Å²) in [7, 11) is 9.36. The third-order valence-corrected chi connectivity index (χ3v) is 25.1.